The molecule has 1 heterocycles. The minimum atomic E-state index is 0.196. The molecular weight excluding hydrogens is 162 g/mol. The Morgan fingerprint density at radius 1 is 1.54 bits per heavy atom. The van der Waals surface area contributed by atoms with E-state index in [1.54, 1.807) is 6.92 Å². The molecule has 0 radical (unpaired) electrons. The topological polar surface area (TPSA) is 20.3 Å². The first-order valence-corrected chi connectivity index (χ1v) is 5.05. The molecule has 0 atom stereocenters. The Balaban J connectivity index is 2.60. The van der Waals surface area contributed by atoms with Crippen LogP contribution in [0.1, 0.15) is 33.6 Å². The maximum Gasteiger partial charge on any atom is 0.219 e. The van der Waals surface area contributed by atoms with E-state index in [0.717, 1.165) is 25.9 Å². The number of hydrogen-bond donors (Lipinski definition) is 0. The summed E-state index contributed by atoms with van der Waals surface area (Å²) < 4.78 is 0. The smallest absolute Gasteiger partial charge is 0.219 e. The molecule has 1 aliphatic rings. The molecule has 0 unspecified atom stereocenters. The van der Waals surface area contributed by atoms with Crippen LogP contribution < -0.4 is 0 Å². The van der Waals surface area contributed by atoms with Crippen LogP contribution in [0.4, 0.5) is 0 Å². The fraction of sp³-hybridized carbons (Fsp3) is 0.727. The summed E-state index contributed by atoms with van der Waals surface area (Å²) in [5.74, 6) is 0.827. The summed E-state index contributed by atoms with van der Waals surface area (Å²) in [6, 6.07) is 0. The minimum Gasteiger partial charge on any atom is -0.339 e. The molecule has 0 bridgehead atoms. The number of allylic oxidation sites excluding steroid dienone is 1. The van der Waals surface area contributed by atoms with Gasteiger partial charge < -0.3 is 4.90 Å². The second kappa shape index (κ2) is 4.45. The van der Waals surface area contributed by atoms with Crippen molar-refractivity contribution in [2.45, 2.75) is 33.6 Å². The Bertz CT molecular complexity index is 218. The quantitative estimate of drug-likeness (QED) is 0.568. The Kier molecular flexibility index (Phi) is 3.52. The SMILES string of the molecule is CC(=O)N1CC=C(C(C)C)CCC1. The van der Waals surface area contributed by atoms with Crippen molar-refractivity contribution in [3.8, 4) is 0 Å². The average molecular weight is 181 g/mol. The van der Waals surface area contributed by atoms with Gasteiger partial charge in [-0.2, -0.15) is 0 Å². The van der Waals surface area contributed by atoms with Crippen LogP contribution in [0, 0.1) is 5.92 Å². The monoisotopic (exact) mass is 181 g/mol. The molecule has 2 heteroatoms. The average Bonchev–Trinajstić information content (AvgIpc) is 2.27. The van der Waals surface area contributed by atoms with Crippen LogP contribution in [0.2, 0.25) is 0 Å². The standard InChI is InChI=1S/C11H19NO/c1-9(2)11-5-4-7-12(8-6-11)10(3)13/h6,9H,4-5,7-8H2,1-3H3. The molecule has 74 valence electrons. The first-order valence-electron chi connectivity index (χ1n) is 5.05. The van der Waals surface area contributed by atoms with E-state index >= 15 is 0 Å². The van der Waals surface area contributed by atoms with E-state index in [-0.39, 0.29) is 5.91 Å². The van der Waals surface area contributed by atoms with E-state index < -0.39 is 0 Å². The molecular formula is C11H19NO. The van der Waals surface area contributed by atoms with Gasteiger partial charge in [0.2, 0.25) is 5.91 Å². The summed E-state index contributed by atoms with van der Waals surface area (Å²) in [6.07, 6.45) is 4.49. The molecule has 0 aromatic rings. The zero-order chi connectivity index (χ0) is 9.84. The fourth-order valence-electron chi connectivity index (χ4n) is 1.71. The first-order chi connectivity index (χ1) is 6.11. The van der Waals surface area contributed by atoms with Crippen LogP contribution in [0.15, 0.2) is 11.6 Å². The van der Waals surface area contributed by atoms with Crippen molar-refractivity contribution in [1.82, 2.24) is 4.90 Å². The molecule has 13 heavy (non-hydrogen) atoms. The van der Waals surface area contributed by atoms with Crippen molar-refractivity contribution in [2.24, 2.45) is 5.92 Å². The molecule has 1 amide bonds. The second-order valence-corrected chi connectivity index (χ2v) is 4.00. The van der Waals surface area contributed by atoms with Crippen LogP contribution in [0.5, 0.6) is 0 Å². The van der Waals surface area contributed by atoms with Crippen molar-refractivity contribution < 1.29 is 4.79 Å². The van der Waals surface area contributed by atoms with Crippen LogP contribution in [-0.4, -0.2) is 23.9 Å². The zero-order valence-electron chi connectivity index (χ0n) is 8.84. The lowest BCUT2D eigenvalue weighted by Gasteiger charge is -2.16. The summed E-state index contributed by atoms with van der Waals surface area (Å²) in [4.78, 5) is 13.0. The highest BCUT2D eigenvalue weighted by Gasteiger charge is 2.12. The summed E-state index contributed by atoms with van der Waals surface area (Å²) >= 11 is 0. The molecule has 0 saturated carbocycles. The van der Waals surface area contributed by atoms with Crippen LogP contribution in [-0.2, 0) is 4.79 Å². The van der Waals surface area contributed by atoms with E-state index in [4.69, 9.17) is 0 Å². The second-order valence-electron chi connectivity index (χ2n) is 4.00. The van der Waals surface area contributed by atoms with E-state index in [9.17, 15) is 4.79 Å². The Hall–Kier alpha value is -0.790. The van der Waals surface area contributed by atoms with Gasteiger partial charge in [-0.05, 0) is 18.8 Å². The molecule has 1 aliphatic heterocycles. The predicted octanol–water partition coefficient (Wildman–Crippen LogP) is 2.21. The number of amides is 1. The van der Waals surface area contributed by atoms with Crippen molar-refractivity contribution in [1.29, 1.82) is 0 Å². The van der Waals surface area contributed by atoms with Crippen molar-refractivity contribution in [2.75, 3.05) is 13.1 Å². The van der Waals surface area contributed by atoms with Crippen molar-refractivity contribution in [3.63, 3.8) is 0 Å². The van der Waals surface area contributed by atoms with Crippen molar-refractivity contribution >= 4 is 5.91 Å². The molecule has 2 nitrogen and oxygen atoms in total. The zero-order valence-corrected chi connectivity index (χ0v) is 8.84. The highest BCUT2D eigenvalue weighted by atomic mass is 16.2. The maximum atomic E-state index is 11.1. The lowest BCUT2D eigenvalue weighted by Crippen LogP contribution is -2.28. The largest absolute Gasteiger partial charge is 0.339 e. The van der Waals surface area contributed by atoms with Gasteiger partial charge >= 0.3 is 0 Å². The molecule has 0 fully saturated rings. The van der Waals surface area contributed by atoms with E-state index in [2.05, 4.69) is 19.9 Å². The van der Waals surface area contributed by atoms with Crippen LogP contribution in [0.25, 0.3) is 0 Å². The first kappa shape index (κ1) is 10.3. The fourth-order valence-corrected chi connectivity index (χ4v) is 1.71. The number of nitrogens with zero attached hydrogens (tertiary/aromatic N) is 1. The normalized spacial score (nSPS) is 18.5. The predicted molar refractivity (Wildman–Crippen MR) is 54.4 cm³/mol. The number of carbonyl (C=O) groups excluding carboxylic acids is 1. The van der Waals surface area contributed by atoms with Gasteiger partial charge in [0.15, 0.2) is 0 Å². The lowest BCUT2D eigenvalue weighted by molar-refractivity contribution is -0.128. The Labute approximate surface area is 80.6 Å². The third-order valence-electron chi connectivity index (χ3n) is 2.65. The van der Waals surface area contributed by atoms with Gasteiger partial charge in [-0.3, -0.25) is 4.79 Å². The van der Waals surface area contributed by atoms with E-state index in [0.29, 0.717) is 5.92 Å². The highest BCUT2D eigenvalue weighted by Crippen LogP contribution is 2.18. The van der Waals surface area contributed by atoms with Gasteiger partial charge in [-0.1, -0.05) is 25.5 Å². The van der Waals surface area contributed by atoms with Gasteiger partial charge in [0.05, 0.1) is 0 Å². The van der Waals surface area contributed by atoms with Gasteiger partial charge in [0.1, 0.15) is 0 Å². The summed E-state index contributed by atoms with van der Waals surface area (Å²) in [6.45, 7) is 7.81. The Morgan fingerprint density at radius 2 is 2.23 bits per heavy atom. The van der Waals surface area contributed by atoms with Gasteiger partial charge in [0, 0.05) is 20.0 Å². The highest BCUT2D eigenvalue weighted by molar-refractivity contribution is 5.73. The molecule has 0 aromatic carbocycles. The molecule has 0 aromatic heterocycles. The summed E-state index contributed by atoms with van der Waals surface area (Å²) in [5.41, 5.74) is 1.50. The van der Waals surface area contributed by atoms with Gasteiger partial charge in [-0.25, -0.2) is 0 Å². The van der Waals surface area contributed by atoms with E-state index in [1.807, 2.05) is 4.90 Å². The van der Waals surface area contributed by atoms with Crippen molar-refractivity contribution in [3.05, 3.63) is 11.6 Å². The van der Waals surface area contributed by atoms with E-state index in [1.165, 1.54) is 5.57 Å². The molecule has 0 saturated heterocycles. The summed E-state index contributed by atoms with van der Waals surface area (Å²) in [5, 5.41) is 0. The maximum absolute atomic E-state index is 11.1. The number of hydrogen-bond acceptors (Lipinski definition) is 1. The molecule has 0 N–H and O–H groups in total. The van der Waals surface area contributed by atoms with Crippen LogP contribution >= 0.6 is 0 Å². The minimum absolute atomic E-state index is 0.196. The Morgan fingerprint density at radius 3 is 2.77 bits per heavy atom. The third-order valence-corrected chi connectivity index (χ3v) is 2.65. The van der Waals surface area contributed by atoms with Gasteiger partial charge in [0.25, 0.3) is 0 Å². The number of rotatable bonds is 1. The molecule has 1 rings (SSSR count). The molecule has 0 aliphatic carbocycles. The lowest BCUT2D eigenvalue weighted by atomic mass is 9.99. The van der Waals surface area contributed by atoms with Gasteiger partial charge in [-0.15, -0.1) is 0 Å². The third kappa shape index (κ3) is 2.87. The molecule has 0 spiro atoms. The summed E-state index contributed by atoms with van der Waals surface area (Å²) in [7, 11) is 0. The number of carbonyl (C=O) groups is 1. The van der Waals surface area contributed by atoms with Crippen LogP contribution in [0.3, 0.4) is 0 Å².